The molecule has 0 N–H and O–H groups in total. The largest absolute Gasteiger partial charge is 0.469 e. The van der Waals surface area contributed by atoms with Gasteiger partial charge < -0.3 is 9.47 Å². The van der Waals surface area contributed by atoms with Crippen molar-refractivity contribution < 1.29 is 14.3 Å². The highest BCUT2D eigenvalue weighted by molar-refractivity contribution is 14.1. The van der Waals surface area contributed by atoms with Crippen molar-refractivity contribution in [3.05, 3.63) is 0 Å². The van der Waals surface area contributed by atoms with Gasteiger partial charge in [-0.3, -0.25) is 4.79 Å². The minimum Gasteiger partial charge on any atom is -0.469 e. The molecule has 0 amide bonds. The van der Waals surface area contributed by atoms with Gasteiger partial charge in [0.15, 0.2) is 0 Å². The number of hydrogen-bond donors (Lipinski definition) is 0. The van der Waals surface area contributed by atoms with E-state index < -0.39 is 0 Å². The second-order valence-electron chi connectivity index (χ2n) is 4.05. The van der Waals surface area contributed by atoms with Crippen molar-refractivity contribution in [1.82, 2.24) is 0 Å². The lowest BCUT2D eigenvalue weighted by Gasteiger charge is -2.25. The SMILES string of the molecule is COC(=O)C12CCC(CI)(C1)OC2. The number of carbonyl (C=O) groups excluding carboxylic acids is 1. The second kappa shape index (κ2) is 3.08. The van der Waals surface area contributed by atoms with Crippen molar-refractivity contribution in [3.63, 3.8) is 0 Å². The maximum absolute atomic E-state index is 11.5. The number of rotatable bonds is 2. The highest BCUT2D eigenvalue weighted by atomic mass is 127. The average molecular weight is 296 g/mol. The van der Waals surface area contributed by atoms with Gasteiger partial charge >= 0.3 is 5.97 Å². The smallest absolute Gasteiger partial charge is 0.314 e. The van der Waals surface area contributed by atoms with E-state index in [9.17, 15) is 4.79 Å². The molecule has 2 atom stereocenters. The Labute approximate surface area is 91.3 Å². The molecule has 1 aliphatic carbocycles. The molecular formula is C9H13IO3. The Kier molecular flexibility index (Phi) is 2.30. The summed E-state index contributed by atoms with van der Waals surface area (Å²) in [4.78, 5) is 11.5. The summed E-state index contributed by atoms with van der Waals surface area (Å²) in [6.07, 6.45) is 2.79. The number of carbonyl (C=O) groups is 1. The molecule has 2 aliphatic rings. The normalized spacial score (nSPS) is 42.3. The number of alkyl halides is 1. The molecule has 0 spiro atoms. The van der Waals surface area contributed by atoms with E-state index in [0.717, 1.165) is 23.7 Å². The van der Waals surface area contributed by atoms with Gasteiger partial charge in [-0.05, 0) is 19.3 Å². The fraction of sp³-hybridized carbons (Fsp3) is 0.889. The topological polar surface area (TPSA) is 35.5 Å². The number of fused-ring (bicyclic) bond motifs is 2. The molecule has 0 aromatic heterocycles. The zero-order chi connectivity index (χ0) is 9.53. The van der Waals surface area contributed by atoms with E-state index in [2.05, 4.69) is 22.6 Å². The molecule has 3 nitrogen and oxygen atoms in total. The standard InChI is InChI=1S/C9H13IO3/c1-12-7(11)8-2-3-9(4-8,5-10)13-6-8/h2-6H2,1H3. The van der Waals surface area contributed by atoms with Gasteiger partial charge in [-0.1, -0.05) is 22.6 Å². The van der Waals surface area contributed by atoms with Crippen LogP contribution < -0.4 is 0 Å². The van der Waals surface area contributed by atoms with E-state index in [1.165, 1.54) is 7.11 Å². The van der Waals surface area contributed by atoms with E-state index in [-0.39, 0.29) is 17.0 Å². The number of esters is 1. The highest BCUT2D eigenvalue weighted by Gasteiger charge is 2.59. The second-order valence-corrected chi connectivity index (χ2v) is 4.82. The maximum Gasteiger partial charge on any atom is 0.314 e. The fourth-order valence-electron chi connectivity index (χ4n) is 2.40. The van der Waals surface area contributed by atoms with Crippen molar-refractivity contribution >= 4 is 28.6 Å². The van der Waals surface area contributed by atoms with Gasteiger partial charge in [-0.15, -0.1) is 0 Å². The molecule has 1 aliphatic heterocycles. The first-order valence-corrected chi connectivity index (χ1v) is 5.97. The van der Waals surface area contributed by atoms with Crippen LogP contribution in [0.25, 0.3) is 0 Å². The van der Waals surface area contributed by atoms with Crippen LogP contribution in [0.15, 0.2) is 0 Å². The van der Waals surface area contributed by atoms with Crippen LogP contribution >= 0.6 is 22.6 Å². The first kappa shape index (κ1) is 9.71. The lowest BCUT2D eigenvalue weighted by molar-refractivity contribution is -0.154. The van der Waals surface area contributed by atoms with E-state index in [0.29, 0.717) is 6.61 Å². The Bertz CT molecular complexity index is 231. The molecule has 1 heterocycles. The van der Waals surface area contributed by atoms with E-state index >= 15 is 0 Å². The van der Waals surface area contributed by atoms with Crippen LogP contribution in [-0.2, 0) is 14.3 Å². The number of methoxy groups -OCH3 is 1. The third-order valence-electron chi connectivity index (χ3n) is 3.24. The van der Waals surface area contributed by atoms with Gasteiger partial charge in [0.25, 0.3) is 0 Å². The molecule has 0 aromatic carbocycles. The molecule has 1 saturated heterocycles. The van der Waals surface area contributed by atoms with Crippen LogP contribution in [0.2, 0.25) is 0 Å². The van der Waals surface area contributed by atoms with E-state index in [4.69, 9.17) is 9.47 Å². The van der Waals surface area contributed by atoms with Gasteiger partial charge in [-0.2, -0.15) is 0 Å². The van der Waals surface area contributed by atoms with Gasteiger partial charge in [0, 0.05) is 4.43 Å². The summed E-state index contributed by atoms with van der Waals surface area (Å²) in [6, 6.07) is 0. The zero-order valence-corrected chi connectivity index (χ0v) is 9.80. The van der Waals surface area contributed by atoms with Gasteiger partial charge in [0.1, 0.15) is 0 Å². The third kappa shape index (κ3) is 1.29. The summed E-state index contributed by atoms with van der Waals surface area (Å²) in [5, 5.41) is 0. The van der Waals surface area contributed by atoms with Gasteiger partial charge in [0.05, 0.1) is 24.7 Å². The van der Waals surface area contributed by atoms with E-state index in [1.807, 2.05) is 0 Å². The zero-order valence-electron chi connectivity index (χ0n) is 7.64. The van der Waals surface area contributed by atoms with Crippen molar-refractivity contribution in [2.24, 2.45) is 5.41 Å². The number of halogens is 1. The van der Waals surface area contributed by atoms with Crippen LogP contribution in [0, 0.1) is 5.41 Å². The van der Waals surface area contributed by atoms with Crippen molar-refractivity contribution in [1.29, 1.82) is 0 Å². The first-order valence-electron chi connectivity index (χ1n) is 4.45. The summed E-state index contributed by atoms with van der Waals surface area (Å²) in [5.74, 6) is -0.0864. The summed E-state index contributed by atoms with van der Waals surface area (Å²) < 4.78 is 11.5. The monoisotopic (exact) mass is 296 g/mol. The molecule has 2 rings (SSSR count). The molecule has 0 radical (unpaired) electrons. The Morgan fingerprint density at radius 2 is 2.38 bits per heavy atom. The Balaban J connectivity index is 2.18. The Morgan fingerprint density at radius 3 is 2.77 bits per heavy atom. The quantitative estimate of drug-likeness (QED) is 0.440. The van der Waals surface area contributed by atoms with Gasteiger partial charge in [0.2, 0.25) is 0 Å². The fourth-order valence-corrected chi connectivity index (χ4v) is 3.27. The predicted molar refractivity (Wildman–Crippen MR) is 55.9 cm³/mol. The van der Waals surface area contributed by atoms with Crippen molar-refractivity contribution in [3.8, 4) is 0 Å². The molecule has 74 valence electrons. The molecule has 2 unspecified atom stereocenters. The molecule has 13 heavy (non-hydrogen) atoms. The number of ether oxygens (including phenoxy) is 2. The predicted octanol–water partition coefficient (Wildman–Crippen LogP) is 1.53. The molecule has 1 saturated carbocycles. The molecule has 2 fully saturated rings. The average Bonchev–Trinajstić information content (AvgIpc) is 2.74. The lowest BCUT2D eigenvalue weighted by atomic mass is 9.88. The Morgan fingerprint density at radius 1 is 1.62 bits per heavy atom. The molecule has 0 aromatic rings. The number of hydrogen-bond acceptors (Lipinski definition) is 3. The van der Waals surface area contributed by atoms with Crippen LogP contribution in [0.3, 0.4) is 0 Å². The molecule has 2 bridgehead atoms. The maximum atomic E-state index is 11.5. The van der Waals surface area contributed by atoms with E-state index in [1.54, 1.807) is 0 Å². The molecular weight excluding hydrogens is 283 g/mol. The first-order chi connectivity index (χ1) is 6.16. The van der Waals surface area contributed by atoms with Crippen LogP contribution in [-0.4, -0.2) is 29.7 Å². The summed E-state index contributed by atoms with van der Waals surface area (Å²) in [6.45, 7) is 0.558. The summed E-state index contributed by atoms with van der Waals surface area (Å²) in [5.41, 5.74) is -0.325. The van der Waals surface area contributed by atoms with Crippen LogP contribution in [0.4, 0.5) is 0 Å². The van der Waals surface area contributed by atoms with Crippen molar-refractivity contribution in [2.45, 2.75) is 24.9 Å². The summed E-state index contributed by atoms with van der Waals surface area (Å²) >= 11 is 2.33. The Hall–Kier alpha value is 0.160. The van der Waals surface area contributed by atoms with Gasteiger partial charge in [-0.25, -0.2) is 0 Å². The highest BCUT2D eigenvalue weighted by Crippen LogP contribution is 2.54. The minimum absolute atomic E-state index is 0.0191. The minimum atomic E-state index is -0.306. The lowest BCUT2D eigenvalue weighted by Crippen LogP contribution is -2.32. The van der Waals surface area contributed by atoms with Crippen molar-refractivity contribution in [2.75, 3.05) is 18.1 Å². The third-order valence-corrected chi connectivity index (χ3v) is 4.63. The van der Waals surface area contributed by atoms with Crippen LogP contribution in [0.1, 0.15) is 19.3 Å². The summed E-state index contributed by atoms with van der Waals surface area (Å²) in [7, 11) is 1.46. The van der Waals surface area contributed by atoms with Crippen LogP contribution in [0.5, 0.6) is 0 Å². The molecule has 4 heteroatoms.